The van der Waals surface area contributed by atoms with Crippen molar-refractivity contribution < 1.29 is 12.8 Å². The maximum absolute atomic E-state index is 14.1. The quantitative estimate of drug-likeness (QED) is 0.859. The molecule has 114 valence electrons. The van der Waals surface area contributed by atoms with Gasteiger partial charge in [-0.3, -0.25) is 4.68 Å². The van der Waals surface area contributed by atoms with Crippen LogP contribution in [0.1, 0.15) is 11.3 Å². The number of nitrogens with two attached hydrogens (primary N) is 1. The normalized spacial score (nSPS) is 11.8. The summed E-state index contributed by atoms with van der Waals surface area (Å²) in [6.45, 7) is -0.192. The second kappa shape index (κ2) is 6.10. The molecule has 0 bridgehead atoms. The molecule has 0 aliphatic carbocycles. The summed E-state index contributed by atoms with van der Waals surface area (Å²) in [7, 11) is -2.34. The van der Waals surface area contributed by atoms with E-state index >= 15 is 0 Å². The first-order chi connectivity index (χ1) is 9.83. The first-order valence-electron chi connectivity index (χ1n) is 5.99. The van der Waals surface area contributed by atoms with E-state index in [2.05, 4.69) is 9.82 Å². The Labute approximate surface area is 126 Å². The van der Waals surface area contributed by atoms with Gasteiger partial charge in [0, 0.05) is 30.4 Å². The molecule has 0 saturated heterocycles. The van der Waals surface area contributed by atoms with Gasteiger partial charge in [-0.2, -0.15) is 5.10 Å². The molecule has 0 saturated carbocycles. The zero-order valence-electron chi connectivity index (χ0n) is 11.2. The Morgan fingerprint density at radius 2 is 2.19 bits per heavy atom. The van der Waals surface area contributed by atoms with Crippen LogP contribution in [0.5, 0.6) is 0 Å². The Morgan fingerprint density at radius 3 is 2.76 bits per heavy atom. The number of nitrogens with zero attached hydrogens (tertiary/aromatic N) is 2. The Morgan fingerprint density at radius 1 is 1.48 bits per heavy atom. The lowest BCUT2D eigenvalue weighted by Gasteiger charge is -2.10. The number of aryl methyl sites for hydroxylation is 1. The number of hydrogen-bond acceptors (Lipinski definition) is 4. The third-order valence-corrected chi connectivity index (χ3v) is 4.42. The molecule has 0 spiro atoms. The number of aromatic nitrogens is 2. The smallest absolute Gasteiger partial charge is 0.243 e. The number of sulfonamides is 1. The van der Waals surface area contributed by atoms with E-state index in [1.807, 2.05) is 0 Å². The maximum atomic E-state index is 14.1. The second-order valence-corrected chi connectivity index (χ2v) is 6.56. The second-order valence-electron chi connectivity index (χ2n) is 4.39. The van der Waals surface area contributed by atoms with E-state index < -0.39 is 20.7 Å². The molecular weight excluding hydrogens is 319 g/mol. The van der Waals surface area contributed by atoms with Gasteiger partial charge in [-0.15, -0.1) is 0 Å². The van der Waals surface area contributed by atoms with Crippen molar-refractivity contribution in [1.82, 2.24) is 14.5 Å². The maximum Gasteiger partial charge on any atom is 0.243 e. The highest BCUT2D eigenvalue weighted by Gasteiger charge is 2.22. The molecule has 0 aliphatic heterocycles. The van der Waals surface area contributed by atoms with Crippen molar-refractivity contribution in [3.8, 4) is 0 Å². The Hall–Kier alpha value is -1.48. The molecule has 9 heteroatoms. The van der Waals surface area contributed by atoms with Crippen LogP contribution in [0.3, 0.4) is 0 Å². The molecule has 1 heterocycles. The topological polar surface area (TPSA) is 90.0 Å². The first-order valence-corrected chi connectivity index (χ1v) is 7.86. The number of halogens is 2. The number of benzene rings is 1. The van der Waals surface area contributed by atoms with E-state index in [-0.39, 0.29) is 23.7 Å². The molecule has 0 unspecified atom stereocenters. The minimum Gasteiger partial charge on any atom is -0.326 e. The van der Waals surface area contributed by atoms with Gasteiger partial charge in [0.25, 0.3) is 0 Å². The zero-order chi connectivity index (χ0) is 15.6. The molecule has 0 radical (unpaired) electrons. The van der Waals surface area contributed by atoms with Gasteiger partial charge >= 0.3 is 0 Å². The van der Waals surface area contributed by atoms with Gasteiger partial charge in [0.05, 0.1) is 12.2 Å². The molecule has 6 nitrogen and oxygen atoms in total. The van der Waals surface area contributed by atoms with Crippen molar-refractivity contribution in [2.75, 3.05) is 0 Å². The predicted molar refractivity (Wildman–Crippen MR) is 76.5 cm³/mol. The summed E-state index contributed by atoms with van der Waals surface area (Å²) in [5, 5.41) is 4.14. The van der Waals surface area contributed by atoms with Crippen LogP contribution >= 0.6 is 11.6 Å². The molecule has 0 fully saturated rings. The van der Waals surface area contributed by atoms with E-state index in [0.717, 1.165) is 6.07 Å². The van der Waals surface area contributed by atoms with Crippen LogP contribution in [0.25, 0.3) is 0 Å². The Kier molecular flexibility index (Phi) is 4.62. The fourth-order valence-corrected chi connectivity index (χ4v) is 3.21. The van der Waals surface area contributed by atoms with Crippen molar-refractivity contribution >= 4 is 21.6 Å². The van der Waals surface area contributed by atoms with Crippen molar-refractivity contribution in [3.05, 3.63) is 46.5 Å². The van der Waals surface area contributed by atoms with Crippen LogP contribution in [-0.4, -0.2) is 18.2 Å². The lowest BCUT2D eigenvalue weighted by molar-refractivity contribution is 0.549. The van der Waals surface area contributed by atoms with Crippen LogP contribution in [0.2, 0.25) is 5.02 Å². The molecule has 1 aromatic carbocycles. The lowest BCUT2D eigenvalue weighted by Crippen LogP contribution is -2.25. The van der Waals surface area contributed by atoms with Crippen molar-refractivity contribution in [2.24, 2.45) is 12.8 Å². The van der Waals surface area contributed by atoms with Gasteiger partial charge in [0.1, 0.15) is 10.7 Å². The van der Waals surface area contributed by atoms with Crippen LogP contribution < -0.4 is 10.5 Å². The third-order valence-electron chi connectivity index (χ3n) is 2.80. The number of rotatable bonds is 5. The largest absolute Gasteiger partial charge is 0.326 e. The average Bonchev–Trinajstić information content (AvgIpc) is 2.84. The van der Waals surface area contributed by atoms with E-state index in [1.54, 1.807) is 19.3 Å². The van der Waals surface area contributed by atoms with Gasteiger partial charge in [-0.25, -0.2) is 17.5 Å². The molecule has 0 amide bonds. The lowest BCUT2D eigenvalue weighted by atomic mass is 10.2. The summed E-state index contributed by atoms with van der Waals surface area (Å²) in [4.78, 5) is -0.522. The summed E-state index contributed by atoms with van der Waals surface area (Å²) in [6.07, 6.45) is 1.68. The minimum absolute atomic E-state index is 0.0423. The highest BCUT2D eigenvalue weighted by Crippen LogP contribution is 2.23. The van der Waals surface area contributed by atoms with Crippen LogP contribution in [0.4, 0.5) is 4.39 Å². The molecule has 1 aromatic heterocycles. The number of nitrogens with one attached hydrogen (secondary N) is 1. The molecular formula is C12H14ClFN4O2S. The zero-order valence-corrected chi connectivity index (χ0v) is 12.7. The van der Waals surface area contributed by atoms with Crippen molar-refractivity contribution in [2.45, 2.75) is 18.0 Å². The molecule has 2 rings (SSSR count). The Balaban J connectivity index is 2.29. The van der Waals surface area contributed by atoms with E-state index in [9.17, 15) is 12.8 Å². The molecule has 0 atom stereocenters. The monoisotopic (exact) mass is 332 g/mol. The highest BCUT2D eigenvalue weighted by molar-refractivity contribution is 7.89. The minimum atomic E-state index is -4.05. The number of hydrogen-bond donors (Lipinski definition) is 2. The predicted octanol–water partition coefficient (Wildman–Crippen LogP) is 1.15. The molecule has 21 heavy (non-hydrogen) atoms. The van der Waals surface area contributed by atoms with E-state index in [0.29, 0.717) is 5.69 Å². The van der Waals surface area contributed by atoms with Crippen LogP contribution in [0, 0.1) is 5.82 Å². The first kappa shape index (κ1) is 15.9. The standard InChI is InChI=1S/C12H14ClFN4O2S/c1-18-3-2-10(17-18)7-16-21(19,20)11-5-9(13)4-8(6-15)12(11)14/h2-5,16H,6-7,15H2,1H3. The van der Waals surface area contributed by atoms with Gasteiger partial charge in [0.2, 0.25) is 10.0 Å². The highest BCUT2D eigenvalue weighted by atomic mass is 35.5. The van der Waals surface area contributed by atoms with E-state index in [4.69, 9.17) is 17.3 Å². The average molecular weight is 333 g/mol. The van der Waals surface area contributed by atoms with Crippen LogP contribution in [-0.2, 0) is 30.2 Å². The SMILES string of the molecule is Cn1ccc(CNS(=O)(=O)c2cc(Cl)cc(CN)c2F)n1. The Bertz CT molecular complexity index is 761. The molecule has 2 aromatic rings. The van der Waals surface area contributed by atoms with Crippen LogP contribution in [0.15, 0.2) is 29.3 Å². The summed E-state index contributed by atoms with van der Waals surface area (Å²) in [6, 6.07) is 4.01. The van der Waals surface area contributed by atoms with E-state index in [1.165, 1.54) is 10.7 Å². The molecule has 3 N–H and O–H groups in total. The fraction of sp³-hybridized carbons (Fsp3) is 0.250. The summed E-state index contributed by atoms with van der Waals surface area (Å²) in [5.41, 5.74) is 5.93. The molecule has 0 aliphatic rings. The van der Waals surface area contributed by atoms with Crippen molar-refractivity contribution in [3.63, 3.8) is 0 Å². The van der Waals surface area contributed by atoms with Crippen molar-refractivity contribution in [1.29, 1.82) is 0 Å². The third kappa shape index (κ3) is 3.59. The summed E-state index contributed by atoms with van der Waals surface area (Å²) < 4.78 is 42.3. The fourth-order valence-electron chi connectivity index (χ4n) is 1.77. The van der Waals surface area contributed by atoms with Gasteiger partial charge in [0.15, 0.2) is 0 Å². The summed E-state index contributed by atoms with van der Waals surface area (Å²) >= 11 is 5.80. The summed E-state index contributed by atoms with van der Waals surface area (Å²) in [5.74, 6) is -0.893. The van der Waals surface area contributed by atoms with Gasteiger partial charge < -0.3 is 5.73 Å². The van der Waals surface area contributed by atoms with Gasteiger partial charge in [-0.05, 0) is 18.2 Å². The van der Waals surface area contributed by atoms with Gasteiger partial charge in [-0.1, -0.05) is 11.6 Å².